The molecule has 0 saturated heterocycles. The van der Waals surface area contributed by atoms with Gasteiger partial charge in [-0.1, -0.05) is 11.6 Å². The highest BCUT2D eigenvalue weighted by atomic mass is 35.5. The molecule has 2 aromatic rings. The predicted molar refractivity (Wildman–Crippen MR) is 87.2 cm³/mol. The first kappa shape index (κ1) is 16.0. The minimum absolute atomic E-state index is 0.0524. The van der Waals surface area contributed by atoms with Crippen molar-refractivity contribution in [3.63, 3.8) is 0 Å². The zero-order valence-electron chi connectivity index (χ0n) is 12.1. The summed E-state index contributed by atoms with van der Waals surface area (Å²) in [6.07, 6.45) is 5.25. The zero-order valence-corrected chi connectivity index (χ0v) is 13.6. The summed E-state index contributed by atoms with van der Waals surface area (Å²) < 4.78 is 5.29. The number of carbonyl (C=O) groups excluding carboxylic acids is 1. The first-order valence-electron chi connectivity index (χ1n) is 6.77. The molecule has 0 radical (unpaired) electrons. The Morgan fingerprint density at radius 2 is 2.24 bits per heavy atom. The maximum absolute atomic E-state index is 12.3. The average Bonchev–Trinajstić information content (AvgIpc) is 2.99. The molecule has 0 bridgehead atoms. The van der Waals surface area contributed by atoms with Gasteiger partial charge in [0.05, 0.1) is 16.8 Å². The van der Waals surface area contributed by atoms with Crippen molar-refractivity contribution in [2.75, 3.05) is 6.26 Å². The van der Waals surface area contributed by atoms with Crippen LogP contribution in [0.5, 0.6) is 0 Å². The van der Waals surface area contributed by atoms with E-state index in [0.29, 0.717) is 10.6 Å². The highest BCUT2D eigenvalue weighted by molar-refractivity contribution is 7.98. The lowest BCUT2D eigenvalue weighted by Gasteiger charge is -2.14. The van der Waals surface area contributed by atoms with E-state index in [4.69, 9.17) is 16.0 Å². The molecule has 0 aliphatic carbocycles. The lowest BCUT2D eigenvalue weighted by molar-refractivity contribution is 0.0938. The Morgan fingerprint density at radius 1 is 1.43 bits per heavy atom. The molecule has 1 aromatic carbocycles. The molecule has 1 N–H and O–H groups in total. The molecule has 112 valence electrons. The number of carbonyl (C=O) groups is 1. The number of halogens is 1. The van der Waals surface area contributed by atoms with Gasteiger partial charge in [-0.15, -0.1) is 11.8 Å². The maximum Gasteiger partial charge on any atom is 0.253 e. The lowest BCUT2D eigenvalue weighted by atomic mass is 10.1. The number of aryl methyl sites for hydroxylation is 1. The minimum Gasteiger partial charge on any atom is -0.469 e. The first-order chi connectivity index (χ1) is 10.1. The van der Waals surface area contributed by atoms with Crippen LogP contribution in [-0.2, 0) is 6.42 Å². The Labute approximate surface area is 134 Å². The Morgan fingerprint density at radius 3 is 2.90 bits per heavy atom. The van der Waals surface area contributed by atoms with E-state index < -0.39 is 0 Å². The van der Waals surface area contributed by atoms with Crippen LogP contribution in [0.15, 0.2) is 45.9 Å². The van der Waals surface area contributed by atoms with E-state index in [9.17, 15) is 4.79 Å². The Balaban J connectivity index is 1.94. The van der Waals surface area contributed by atoms with Crippen molar-refractivity contribution in [1.82, 2.24) is 5.32 Å². The Bertz CT molecular complexity index is 598. The third kappa shape index (κ3) is 4.55. The second-order valence-corrected chi connectivity index (χ2v) is 6.13. The molecule has 1 heterocycles. The Kier molecular flexibility index (Phi) is 5.76. The molecule has 0 spiro atoms. The quantitative estimate of drug-likeness (QED) is 0.801. The van der Waals surface area contributed by atoms with E-state index >= 15 is 0 Å². The summed E-state index contributed by atoms with van der Waals surface area (Å²) >= 11 is 7.69. The van der Waals surface area contributed by atoms with Crippen molar-refractivity contribution < 1.29 is 9.21 Å². The summed E-state index contributed by atoms with van der Waals surface area (Å²) in [5, 5.41) is 3.45. The topological polar surface area (TPSA) is 42.2 Å². The minimum atomic E-state index is -0.136. The largest absolute Gasteiger partial charge is 0.469 e. The number of nitrogens with one attached hydrogen (secondary N) is 1. The zero-order chi connectivity index (χ0) is 15.2. The lowest BCUT2D eigenvalue weighted by Crippen LogP contribution is -2.33. The van der Waals surface area contributed by atoms with Gasteiger partial charge < -0.3 is 9.73 Å². The SMILES string of the molecule is CSc1ccc(Cl)c(C(=O)N[C@H](C)CCc2ccco2)c1. The molecule has 0 saturated carbocycles. The normalized spacial score (nSPS) is 12.1. The van der Waals surface area contributed by atoms with Crippen LogP contribution in [0.4, 0.5) is 0 Å². The molecular formula is C16H18ClNO2S. The molecular weight excluding hydrogens is 306 g/mol. The third-order valence-electron chi connectivity index (χ3n) is 3.20. The maximum atomic E-state index is 12.3. The van der Waals surface area contributed by atoms with Crippen LogP contribution < -0.4 is 5.32 Å². The summed E-state index contributed by atoms with van der Waals surface area (Å²) in [6.45, 7) is 1.98. The van der Waals surface area contributed by atoms with E-state index in [2.05, 4.69) is 5.32 Å². The van der Waals surface area contributed by atoms with Crippen LogP contribution in [0.3, 0.4) is 0 Å². The molecule has 0 unspecified atom stereocenters. The summed E-state index contributed by atoms with van der Waals surface area (Å²) in [6, 6.07) is 9.35. The van der Waals surface area contributed by atoms with Crippen LogP contribution >= 0.6 is 23.4 Å². The van der Waals surface area contributed by atoms with Gasteiger partial charge >= 0.3 is 0 Å². The van der Waals surface area contributed by atoms with Crippen molar-refractivity contribution in [3.05, 3.63) is 52.9 Å². The van der Waals surface area contributed by atoms with Gasteiger partial charge in [-0.25, -0.2) is 0 Å². The summed E-state index contributed by atoms with van der Waals surface area (Å²) in [5.41, 5.74) is 0.522. The second kappa shape index (κ2) is 7.57. The van der Waals surface area contributed by atoms with Crippen molar-refractivity contribution >= 4 is 29.3 Å². The van der Waals surface area contributed by atoms with Gasteiger partial charge in [0.15, 0.2) is 0 Å². The molecule has 1 atom stereocenters. The number of hydrogen-bond acceptors (Lipinski definition) is 3. The number of thioether (sulfide) groups is 1. The summed E-state index contributed by atoms with van der Waals surface area (Å²) in [7, 11) is 0. The van der Waals surface area contributed by atoms with Crippen molar-refractivity contribution in [1.29, 1.82) is 0 Å². The molecule has 1 amide bonds. The van der Waals surface area contributed by atoms with Gasteiger partial charge in [-0.3, -0.25) is 4.79 Å². The van der Waals surface area contributed by atoms with Gasteiger partial charge in [-0.2, -0.15) is 0 Å². The van der Waals surface area contributed by atoms with E-state index in [1.54, 1.807) is 24.1 Å². The molecule has 1 aromatic heterocycles. The second-order valence-electron chi connectivity index (χ2n) is 4.84. The molecule has 0 aliphatic heterocycles. The summed E-state index contributed by atoms with van der Waals surface area (Å²) in [5.74, 6) is 0.793. The van der Waals surface area contributed by atoms with E-state index in [1.165, 1.54) is 0 Å². The van der Waals surface area contributed by atoms with Gasteiger partial charge in [0, 0.05) is 17.4 Å². The highest BCUT2D eigenvalue weighted by Crippen LogP contribution is 2.23. The van der Waals surface area contributed by atoms with E-state index in [1.807, 2.05) is 37.4 Å². The third-order valence-corrected chi connectivity index (χ3v) is 4.25. The van der Waals surface area contributed by atoms with E-state index in [-0.39, 0.29) is 11.9 Å². The monoisotopic (exact) mass is 323 g/mol. The van der Waals surface area contributed by atoms with Gasteiger partial charge in [-0.05, 0) is 49.9 Å². The molecule has 2 rings (SSSR count). The molecule has 5 heteroatoms. The fraction of sp³-hybridized carbons (Fsp3) is 0.312. The highest BCUT2D eigenvalue weighted by Gasteiger charge is 2.14. The average molecular weight is 324 g/mol. The van der Waals surface area contributed by atoms with Crippen molar-refractivity contribution in [3.8, 4) is 0 Å². The molecule has 0 fully saturated rings. The van der Waals surface area contributed by atoms with Crippen LogP contribution in [0.25, 0.3) is 0 Å². The number of furan rings is 1. The van der Waals surface area contributed by atoms with Gasteiger partial charge in [0.1, 0.15) is 5.76 Å². The summed E-state index contributed by atoms with van der Waals surface area (Å²) in [4.78, 5) is 13.3. The predicted octanol–water partition coefficient (Wildman–Crippen LogP) is 4.41. The number of rotatable bonds is 6. The fourth-order valence-electron chi connectivity index (χ4n) is 1.99. The van der Waals surface area contributed by atoms with Crippen molar-refractivity contribution in [2.24, 2.45) is 0 Å². The number of amides is 1. The molecule has 0 aliphatic rings. The van der Waals surface area contributed by atoms with Crippen LogP contribution in [0.1, 0.15) is 29.5 Å². The fourth-order valence-corrected chi connectivity index (χ4v) is 2.64. The molecule has 21 heavy (non-hydrogen) atoms. The number of hydrogen-bond donors (Lipinski definition) is 1. The van der Waals surface area contributed by atoms with Crippen LogP contribution in [0, 0.1) is 0 Å². The van der Waals surface area contributed by atoms with Crippen molar-refractivity contribution in [2.45, 2.75) is 30.7 Å². The van der Waals surface area contributed by atoms with Crippen LogP contribution in [0.2, 0.25) is 5.02 Å². The standard InChI is InChI=1S/C16H18ClNO2S/c1-11(5-6-12-4-3-9-20-12)18-16(19)14-10-13(21-2)7-8-15(14)17/h3-4,7-11H,5-6H2,1-2H3,(H,18,19)/t11-/m1/s1. The smallest absolute Gasteiger partial charge is 0.253 e. The number of benzene rings is 1. The van der Waals surface area contributed by atoms with Gasteiger partial charge in [0.25, 0.3) is 5.91 Å². The van der Waals surface area contributed by atoms with Gasteiger partial charge in [0.2, 0.25) is 0 Å². The van der Waals surface area contributed by atoms with Crippen LogP contribution in [-0.4, -0.2) is 18.2 Å². The van der Waals surface area contributed by atoms with E-state index in [0.717, 1.165) is 23.5 Å². The Hall–Kier alpha value is -1.39. The molecule has 3 nitrogen and oxygen atoms in total. The first-order valence-corrected chi connectivity index (χ1v) is 8.37.